The Morgan fingerprint density at radius 2 is 2.23 bits per heavy atom. The molecule has 3 nitrogen and oxygen atoms in total. The predicted molar refractivity (Wildman–Crippen MR) is 58.1 cm³/mol. The maximum Gasteiger partial charge on any atom is 0.151 e. The molecule has 1 aliphatic heterocycles. The quantitative estimate of drug-likeness (QED) is 0.715. The van der Waals surface area contributed by atoms with Gasteiger partial charge in [0.2, 0.25) is 0 Å². The molecule has 5 heteroatoms. The first-order valence-corrected chi connectivity index (χ1v) is 7.59. The fraction of sp³-hybridized carbons (Fsp3) is 1.00. The van der Waals surface area contributed by atoms with Gasteiger partial charge in [0, 0.05) is 24.7 Å². The second kappa shape index (κ2) is 4.75. The molecule has 1 saturated heterocycles. The van der Waals surface area contributed by atoms with Gasteiger partial charge in [-0.2, -0.15) is 0 Å². The van der Waals surface area contributed by atoms with E-state index >= 15 is 0 Å². The van der Waals surface area contributed by atoms with Crippen molar-refractivity contribution >= 4 is 25.8 Å². The molecule has 1 heterocycles. The molecule has 0 saturated carbocycles. The third-order valence-corrected chi connectivity index (χ3v) is 4.42. The monoisotopic (exact) mass is 269 g/mol. The van der Waals surface area contributed by atoms with Crippen LogP contribution in [-0.2, 0) is 9.84 Å². The minimum Gasteiger partial charge on any atom is -0.301 e. The molecule has 0 aromatic carbocycles. The van der Waals surface area contributed by atoms with Gasteiger partial charge in [-0.15, -0.1) is 0 Å². The Kier molecular flexibility index (Phi) is 4.19. The number of likely N-dealkylation sites (tertiary alicyclic amines) is 1. The molecule has 1 atom stereocenters. The number of sulfone groups is 1. The van der Waals surface area contributed by atoms with Crippen LogP contribution in [0.1, 0.15) is 12.8 Å². The first kappa shape index (κ1) is 11.5. The van der Waals surface area contributed by atoms with E-state index in [1.54, 1.807) is 0 Å². The van der Waals surface area contributed by atoms with Crippen molar-refractivity contribution in [3.05, 3.63) is 0 Å². The highest BCUT2D eigenvalue weighted by Gasteiger charge is 2.26. The molecule has 0 amide bonds. The molecule has 1 fully saturated rings. The third-order valence-electron chi connectivity index (χ3n) is 2.47. The van der Waals surface area contributed by atoms with Crippen molar-refractivity contribution in [1.29, 1.82) is 0 Å². The minimum atomic E-state index is -2.83. The van der Waals surface area contributed by atoms with Crippen LogP contribution in [0.5, 0.6) is 0 Å². The maximum absolute atomic E-state index is 11.3. The van der Waals surface area contributed by atoms with E-state index in [0.717, 1.165) is 31.3 Å². The standard InChI is InChI=1S/C8H16BrNO2S/c1-13(11,12)8-3-2-5-10(7-8)6-4-9/h8H,2-7H2,1H3. The Morgan fingerprint density at radius 3 is 2.77 bits per heavy atom. The van der Waals surface area contributed by atoms with Crippen LogP contribution in [0, 0.1) is 0 Å². The lowest BCUT2D eigenvalue weighted by atomic mass is 10.1. The van der Waals surface area contributed by atoms with Crippen LogP contribution < -0.4 is 0 Å². The highest BCUT2D eigenvalue weighted by Crippen LogP contribution is 2.16. The van der Waals surface area contributed by atoms with E-state index in [1.165, 1.54) is 6.26 Å². The van der Waals surface area contributed by atoms with Gasteiger partial charge in [-0.1, -0.05) is 15.9 Å². The molecule has 1 rings (SSSR count). The fourth-order valence-corrected chi connectivity index (χ4v) is 3.26. The number of hydrogen-bond acceptors (Lipinski definition) is 3. The molecule has 0 aromatic heterocycles. The molecule has 0 bridgehead atoms. The van der Waals surface area contributed by atoms with Gasteiger partial charge in [0.25, 0.3) is 0 Å². The average Bonchev–Trinajstić information content (AvgIpc) is 2.04. The van der Waals surface area contributed by atoms with E-state index in [4.69, 9.17) is 0 Å². The third kappa shape index (κ3) is 3.56. The van der Waals surface area contributed by atoms with Crippen LogP contribution in [-0.4, -0.2) is 49.8 Å². The van der Waals surface area contributed by atoms with Gasteiger partial charge < -0.3 is 4.90 Å². The highest BCUT2D eigenvalue weighted by molar-refractivity contribution is 9.09. The number of halogens is 1. The van der Waals surface area contributed by atoms with Crippen molar-refractivity contribution in [3.8, 4) is 0 Å². The zero-order valence-electron chi connectivity index (χ0n) is 7.87. The molecule has 78 valence electrons. The van der Waals surface area contributed by atoms with Gasteiger partial charge in [-0.25, -0.2) is 8.42 Å². The Morgan fingerprint density at radius 1 is 1.54 bits per heavy atom. The van der Waals surface area contributed by atoms with E-state index < -0.39 is 9.84 Å². The zero-order valence-corrected chi connectivity index (χ0v) is 10.3. The number of hydrogen-bond donors (Lipinski definition) is 0. The van der Waals surface area contributed by atoms with Crippen molar-refractivity contribution in [1.82, 2.24) is 4.90 Å². The molecule has 1 aliphatic rings. The van der Waals surface area contributed by atoms with Gasteiger partial charge in [0.1, 0.15) is 0 Å². The van der Waals surface area contributed by atoms with Gasteiger partial charge in [-0.05, 0) is 19.4 Å². The molecular weight excluding hydrogens is 254 g/mol. The van der Waals surface area contributed by atoms with Crippen molar-refractivity contribution in [2.75, 3.05) is 31.2 Å². The van der Waals surface area contributed by atoms with E-state index in [-0.39, 0.29) is 5.25 Å². The van der Waals surface area contributed by atoms with E-state index in [9.17, 15) is 8.42 Å². The van der Waals surface area contributed by atoms with Crippen LogP contribution in [0.25, 0.3) is 0 Å². The molecular formula is C8H16BrNO2S. The largest absolute Gasteiger partial charge is 0.301 e. The maximum atomic E-state index is 11.3. The number of nitrogens with zero attached hydrogens (tertiary/aromatic N) is 1. The van der Waals surface area contributed by atoms with Crippen molar-refractivity contribution < 1.29 is 8.42 Å². The normalized spacial score (nSPS) is 26.2. The van der Waals surface area contributed by atoms with Crippen molar-refractivity contribution in [2.24, 2.45) is 0 Å². The van der Waals surface area contributed by atoms with Gasteiger partial charge in [0.05, 0.1) is 5.25 Å². The van der Waals surface area contributed by atoms with Crippen LogP contribution in [0.15, 0.2) is 0 Å². The molecule has 0 N–H and O–H groups in total. The first-order valence-electron chi connectivity index (χ1n) is 4.51. The smallest absolute Gasteiger partial charge is 0.151 e. The predicted octanol–water partition coefficient (Wildman–Crippen LogP) is 0.890. The summed E-state index contributed by atoms with van der Waals surface area (Å²) in [6, 6.07) is 0. The topological polar surface area (TPSA) is 37.4 Å². The van der Waals surface area contributed by atoms with Gasteiger partial charge in [0.15, 0.2) is 9.84 Å². The summed E-state index contributed by atoms with van der Waals surface area (Å²) in [6.45, 7) is 2.70. The summed E-state index contributed by atoms with van der Waals surface area (Å²) >= 11 is 3.36. The highest BCUT2D eigenvalue weighted by atomic mass is 79.9. The van der Waals surface area contributed by atoms with E-state index in [0.29, 0.717) is 6.54 Å². The SMILES string of the molecule is CS(=O)(=O)C1CCCN(CCBr)C1. The molecule has 1 unspecified atom stereocenters. The summed E-state index contributed by atoms with van der Waals surface area (Å²) in [5.74, 6) is 0. The van der Waals surface area contributed by atoms with Crippen molar-refractivity contribution in [2.45, 2.75) is 18.1 Å². The lowest BCUT2D eigenvalue weighted by Gasteiger charge is -2.31. The Balaban J connectivity index is 2.52. The van der Waals surface area contributed by atoms with E-state index in [2.05, 4.69) is 20.8 Å². The first-order chi connectivity index (χ1) is 6.04. The summed E-state index contributed by atoms with van der Waals surface area (Å²) in [6.07, 6.45) is 3.18. The zero-order chi connectivity index (χ0) is 9.90. The molecule has 0 radical (unpaired) electrons. The lowest BCUT2D eigenvalue weighted by molar-refractivity contribution is 0.244. The van der Waals surface area contributed by atoms with Crippen molar-refractivity contribution in [3.63, 3.8) is 0 Å². The Labute approximate surface area is 88.5 Å². The minimum absolute atomic E-state index is 0.139. The summed E-state index contributed by atoms with van der Waals surface area (Å²) in [5.41, 5.74) is 0. The van der Waals surface area contributed by atoms with Gasteiger partial charge in [-0.3, -0.25) is 0 Å². The lowest BCUT2D eigenvalue weighted by Crippen LogP contribution is -2.42. The van der Waals surface area contributed by atoms with E-state index in [1.807, 2.05) is 0 Å². The molecule has 0 aromatic rings. The summed E-state index contributed by atoms with van der Waals surface area (Å²) in [5, 5.41) is 0.782. The van der Waals surface area contributed by atoms with Crippen LogP contribution >= 0.6 is 15.9 Å². The summed E-state index contributed by atoms with van der Waals surface area (Å²) in [4.78, 5) is 2.21. The number of piperidine rings is 1. The second-order valence-corrected chi connectivity index (χ2v) is 6.70. The average molecular weight is 270 g/mol. The summed E-state index contributed by atoms with van der Waals surface area (Å²) in [7, 11) is -2.83. The second-order valence-electron chi connectivity index (χ2n) is 3.58. The van der Waals surface area contributed by atoms with Crippen LogP contribution in [0.2, 0.25) is 0 Å². The Hall–Kier alpha value is 0.390. The van der Waals surface area contributed by atoms with Gasteiger partial charge >= 0.3 is 0 Å². The fourth-order valence-electron chi connectivity index (χ4n) is 1.69. The Bertz CT molecular complexity index is 251. The number of rotatable bonds is 3. The van der Waals surface area contributed by atoms with Crippen LogP contribution in [0.4, 0.5) is 0 Å². The molecule has 13 heavy (non-hydrogen) atoms. The molecule has 0 aliphatic carbocycles. The molecule has 0 spiro atoms. The summed E-state index contributed by atoms with van der Waals surface area (Å²) < 4.78 is 22.6. The number of alkyl halides is 1. The van der Waals surface area contributed by atoms with Crippen LogP contribution in [0.3, 0.4) is 0 Å².